The van der Waals surface area contributed by atoms with E-state index in [0.29, 0.717) is 11.4 Å². The molecule has 0 bridgehead atoms. The lowest BCUT2D eigenvalue weighted by atomic mass is 10.1. The van der Waals surface area contributed by atoms with Crippen molar-refractivity contribution in [2.45, 2.75) is 38.8 Å². The Morgan fingerprint density at radius 3 is 2.53 bits per heavy atom. The molecule has 2 N–H and O–H groups in total. The van der Waals surface area contributed by atoms with Crippen LogP contribution < -0.4 is 5.73 Å². The quantitative estimate of drug-likeness (QED) is 0.845. The summed E-state index contributed by atoms with van der Waals surface area (Å²) < 4.78 is 5.20. The van der Waals surface area contributed by atoms with Crippen LogP contribution in [-0.2, 0) is 16.0 Å². The first-order valence-electron chi connectivity index (χ1n) is 5.51. The molecule has 0 aromatic heterocycles. The number of hydrogen-bond donors (Lipinski definition) is 1. The molecular formula is C13H18ClNO2. The Morgan fingerprint density at radius 2 is 2.00 bits per heavy atom. The lowest BCUT2D eigenvalue weighted by Crippen LogP contribution is -2.38. The molecular weight excluding hydrogens is 238 g/mol. The zero-order valence-electron chi connectivity index (χ0n) is 10.4. The van der Waals surface area contributed by atoms with Gasteiger partial charge in [-0.05, 0) is 38.8 Å². The first-order chi connectivity index (χ1) is 7.79. The van der Waals surface area contributed by atoms with E-state index in [-0.39, 0.29) is 0 Å². The van der Waals surface area contributed by atoms with E-state index in [0.717, 1.165) is 5.56 Å². The highest BCUT2D eigenvalue weighted by molar-refractivity contribution is 6.31. The van der Waals surface area contributed by atoms with Crippen LogP contribution in [0.2, 0.25) is 5.02 Å². The molecule has 1 aromatic carbocycles. The number of halogens is 1. The minimum Gasteiger partial charge on any atom is -0.459 e. The Kier molecular flexibility index (Phi) is 4.54. The van der Waals surface area contributed by atoms with E-state index in [1.54, 1.807) is 6.07 Å². The summed E-state index contributed by atoms with van der Waals surface area (Å²) in [7, 11) is 0. The number of nitrogens with two attached hydrogens (primary N) is 1. The van der Waals surface area contributed by atoms with Crippen molar-refractivity contribution in [1.29, 1.82) is 0 Å². The van der Waals surface area contributed by atoms with Crippen LogP contribution in [0.5, 0.6) is 0 Å². The Bertz CT molecular complexity index is 399. The third-order valence-electron chi connectivity index (χ3n) is 2.11. The summed E-state index contributed by atoms with van der Waals surface area (Å²) >= 11 is 6.00. The SMILES string of the molecule is CC(C)(C)OC(=O)[C@@H](N)Cc1ccccc1Cl. The smallest absolute Gasteiger partial charge is 0.323 e. The van der Waals surface area contributed by atoms with Crippen molar-refractivity contribution >= 4 is 17.6 Å². The summed E-state index contributed by atoms with van der Waals surface area (Å²) in [5, 5.41) is 0.617. The van der Waals surface area contributed by atoms with Gasteiger partial charge in [0.1, 0.15) is 11.6 Å². The first kappa shape index (κ1) is 14.0. The molecule has 0 heterocycles. The van der Waals surface area contributed by atoms with Gasteiger partial charge in [0, 0.05) is 5.02 Å². The standard InChI is InChI=1S/C13H18ClNO2/c1-13(2,3)17-12(16)11(15)8-9-6-4-5-7-10(9)14/h4-7,11H,8,15H2,1-3H3/t11-/m0/s1. The van der Waals surface area contributed by atoms with Gasteiger partial charge in [-0.25, -0.2) is 0 Å². The van der Waals surface area contributed by atoms with Crippen molar-refractivity contribution in [3.8, 4) is 0 Å². The minimum absolute atomic E-state index is 0.384. The number of esters is 1. The molecule has 0 spiro atoms. The fourth-order valence-corrected chi connectivity index (χ4v) is 1.57. The summed E-state index contributed by atoms with van der Waals surface area (Å²) in [5.74, 6) is -0.405. The summed E-state index contributed by atoms with van der Waals surface area (Å²) in [6.45, 7) is 5.44. The van der Waals surface area contributed by atoms with Gasteiger partial charge in [-0.2, -0.15) is 0 Å². The van der Waals surface area contributed by atoms with Crippen LogP contribution in [0.4, 0.5) is 0 Å². The number of carbonyl (C=O) groups excluding carboxylic acids is 1. The number of rotatable bonds is 3. The highest BCUT2D eigenvalue weighted by Gasteiger charge is 2.22. The Balaban J connectivity index is 2.64. The lowest BCUT2D eigenvalue weighted by molar-refractivity contribution is -0.156. The van der Waals surface area contributed by atoms with Crippen LogP contribution in [0.15, 0.2) is 24.3 Å². The summed E-state index contributed by atoms with van der Waals surface area (Å²) in [6, 6.07) is 6.65. The topological polar surface area (TPSA) is 52.3 Å². The van der Waals surface area contributed by atoms with Crippen molar-refractivity contribution < 1.29 is 9.53 Å². The van der Waals surface area contributed by atoms with Crippen molar-refractivity contribution in [1.82, 2.24) is 0 Å². The average Bonchev–Trinajstić information content (AvgIpc) is 2.18. The molecule has 0 saturated heterocycles. The zero-order valence-corrected chi connectivity index (χ0v) is 11.1. The van der Waals surface area contributed by atoms with Crippen LogP contribution in [0.3, 0.4) is 0 Å². The van der Waals surface area contributed by atoms with Crippen LogP contribution in [0.1, 0.15) is 26.3 Å². The van der Waals surface area contributed by atoms with Crippen molar-refractivity contribution in [2.24, 2.45) is 5.73 Å². The minimum atomic E-state index is -0.686. The molecule has 0 unspecified atom stereocenters. The molecule has 4 heteroatoms. The average molecular weight is 256 g/mol. The highest BCUT2D eigenvalue weighted by atomic mass is 35.5. The third-order valence-corrected chi connectivity index (χ3v) is 2.48. The Morgan fingerprint density at radius 1 is 1.41 bits per heavy atom. The predicted octanol–water partition coefficient (Wildman–Crippen LogP) is 2.55. The Hall–Kier alpha value is -1.06. The molecule has 0 fully saturated rings. The van der Waals surface area contributed by atoms with E-state index in [1.165, 1.54) is 0 Å². The van der Waals surface area contributed by atoms with Crippen LogP contribution in [0.25, 0.3) is 0 Å². The molecule has 1 rings (SSSR count). The third kappa shape index (κ3) is 4.75. The lowest BCUT2D eigenvalue weighted by Gasteiger charge is -2.22. The maximum absolute atomic E-state index is 11.7. The molecule has 1 aromatic rings. The Labute approximate surface area is 107 Å². The number of hydrogen-bond acceptors (Lipinski definition) is 3. The molecule has 1 atom stereocenters. The van der Waals surface area contributed by atoms with E-state index in [2.05, 4.69) is 0 Å². The van der Waals surface area contributed by atoms with E-state index in [1.807, 2.05) is 39.0 Å². The van der Waals surface area contributed by atoms with Gasteiger partial charge in [0.15, 0.2) is 0 Å². The summed E-state index contributed by atoms with van der Waals surface area (Å²) in [6.07, 6.45) is 0.384. The van der Waals surface area contributed by atoms with Crippen LogP contribution in [-0.4, -0.2) is 17.6 Å². The van der Waals surface area contributed by atoms with Gasteiger partial charge in [-0.15, -0.1) is 0 Å². The second kappa shape index (κ2) is 5.52. The summed E-state index contributed by atoms with van der Waals surface area (Å²) in [5.41, 5.74) is 6.13. The van der Waals surface area contributed by atoms with E-state index < -0.39 is 17.6 Å². The summed E-state index contributed by atoms with van der Waals surface area (Å²) in [4.78, 5) is 11.7. The number of benzene rings is 1. The normalized spacial score (nSPS) is 13.2. The molecule has 94 valence electrons. The van der Waals surface area contributed by atoms with Gasteiger partial charge >= 0.3 is 5.97 Å². The van der Waals surface area contributed by atoms with Gasteiger partial charge in [0.25, 0.3) is 0 Å². The molecule has 0 aliphatic carbocycles. The molecule has 17 heavy (non-hydrogen) atoms. The fourth-order valence-electron chi connectivity index (χ4n) is 1.36. The fraction of sp³-hybridized carbons (Fsp3) is 0.462. The van der Waals surface area contributed by atoms with Gasteiger partial charge < -0.3 is 10.5 Å². The van der Waals surface area contributed by atoms with Gasteiger partial charge in [0.05, 0.1) is 0 Å². The van der Waals surface area contributed by atoms with E-state index in [4.69, 9.17) is 22.1 Å². The van der Waals surface area contributed by atoms with Gasteiger partial charge in [-0.1, -0.05) is 29.8 Å². The predicted molar refractivity (Wildman–Crippen MR) is 69.0 cm³/mol. The number of ether oxygens (including phenoxy) is 1. The molecule has 0 aliphatic rings. The molecule has 0 amide bonds. The first-order valence-corrected chi connectivity index (χ1v) is 5.89. The molecule has 0 radical (unpaired) electrons. The molecule has 0 saturated carbocycles. The number of carbonyl (C=O) groups is 1. The largest absolute Gasteiger partial charge is 0.459 e. The van der Waals surface area contributed by atoms with Crippen molar-refractivity contribution in [2.75, 3.05) is 0 Å². The van der Waals surface area contributed by atoms with E-state index in [9.17, 15) is 4.79 Å². The van der Waals surface area contributed by atoms with E-state index >= 15 is 0 Å². The molecule has 0 aliphatic heterocycles. The zero-order chi connectivity index (χ0) is 13.1. The van der Waals surface area contributed by atoms with Crippen molar-refractivity contribution in [3.63, 3.8) is 0 Å². The van der Waals surface area contributed by atoms with Crippen LogP contribution >= 0.6 is 11.6 Å². The van der Waals surface area contributed by atoms with Crippen LogP contribution in [0, 0.1) is 0 Å². The highest BCUT2D eigenvalue weighted by Crippen LogP contribution is 2.17. The monoisotopic (exact) mass is 255 g/mol. The molecule has 3 nitrogen and oxygen atoms in total. The maximum Gasteiger partial charge on any atom is 0.323 e. The maximum atomic E-state index is 11.7. The second-order valence-corrected chi connectivity index (χ2v) is 5.34. The second-order valence-electron chi connectivity index (χ2n) is 4.94. The van der Waals surface area contributed by atoms with Gasteiger partial charge in [-0.3, -0.25) is 4.79 Å². The van der Waals surface area contributed by atoms with Gasteiger partial charge in [0.2, 0.25) is 0 Å². The van der Waals surface area contributed by atoms with Crippen molar-refractivity contribution in [3.05, 3.63) is 34.9 Å².